The van der Waals surface area contributed by atoms with Crippen LogP contribution in [0.1, 0.15) is 12.8 Å². The number of hydrogen-bond acceptors (Lipinski definition) is 3. The molecule has 1 heterocycles. The van der Waals surface area contributed by atoms with E-state index >= 15 is 0 Å². The first kappa shape index (κ1) is 18.2. The smallest absolute Gasteiger partial charge is 0.260 e. The molecule has 0 aliphatic carbocycles. The highest BCUT2D eigenvalue weighted by atomic mass is 19.1. The van der Waals surface area contributed by atoms with Crippen LogP contribution in [0.15, 0.2) is 48.5 Å². The Hall–Kier alpha value is -2.63. The van der Waals surface area contributed by atoms with Crippen molar-refractivity contribution in [1.82, 2.24) is 4.90 Å². The topological polar surface area (TPSA) is 38.8 Å². The summed E-state index contributed by atoms with van der Waals surface area (Å²) >= 11 is 0. The van der Waals surface area contributed by atoms with E-state index in [4.69, 9.17) is 9.47 Å². The van der Waals surface area contributed by atoms with E-state index in [0.717, 1.165) is 30.7 Å². The molecule has 1 aliphatic heterocycles. The summed E-state index contributed by atoms with van der Waals surface area (Å²) < 4.78 is 37.3. The van der Waals surface area contributed by atoms with Crippen molar-refractivity contribution in [2.24, 2.45) is 5.92 Å². The SMILES string of the molecule is O=C(COc1ccc(F)cc1F)N1CCC(COc2ccccc2)CC1. The zero-order valence-corrected chi connectivity index (χ0v) is 14.4. The number of rotatable bonds is 6. The lowest BCUT2D eigenvalue weighted by Crippen LogP contribution is -2.42. The number of nitrogens with zero attached hydrogens (tertiary/aromatic N) is 1. The van der Waals surface area contributed by atoms with E-state index in [1.807, 2.05) is 30.3 Å². The normalized spacial score (nSPS) is 14.9. The van der Waals surface area contributed by atoms with E-state index in [2.05, 4.69) is 0 Å². The van der Waals surface area contributed by atoms with Crippen LogP contribution in [0.5, 0.6) is 11.5 Å². The number of carbonyl (C=O) groups is 1. The summed E-state index contributed by atoms with van der Waals surface area (Å²) in [6.07, 6.45) is 1.70. The molecule has 1 aliphatic rings. The Balaban J connectivity index is 1.40. The third-order valence-corrected chi connectivity index (χ3v) is 4.44. The molecule has 0 saturated carbocycles. The third kappa shape index (κ3) is 4.94. The van der Waals surface area contributed by atoms with Crippen LogP contribution in [-0.4, -0.2) is 37.1 Å². The van der Waals surface area contributed by atoms with E-state index < -0.39 is 11.6 Å². The van der Waals surface area contributed by atoms with E-state index in [1.54, 1.807) is 4.90 Å². The summed E-state index contributed by atoms with van der Waals surface area (Å²) in [5.41, 5.74) is 0. The van der Waals surface area contributed by atoms with Crippen molar-refractivity contribution in [3.05, 3.63) is 60.2 Å². The number of amides is 1. The van der Waals surface area contributed by atoms with Gasteiger partial charge in [-0.3, -0.25) is 4.79 Å². The van der Waals surface area contributed by atoms with Gasteiger partial charge in [0.1, 0.15) is 11.6 Å². The van der Waals surface area contributed by atoms with Gasteiger partial charge in [-0.05, 0) is 43.0 Å². The number of carbonyl (C=O) groups excluding carboxylic acids is 1. The summed E-state index contributed by atoms with van der Waals surface area (Å²) in [7, 11) is 0. The van der Waals surface area contributed by atoms with Crippen LogP contribution in [0.2, 0.25) is 0 Å². The zero-order chi connectivity index (χ0) is 18.4. The van der Waals surface area contributed by atoms with Crippen molar-refractivity contribution in [3.8, 4) is 11.5 Å². The quantitative estimate of drug-likeness (QED) is 0.788. The molecule has 138 valence electrons. The molecule has 2 aromatic rings. The van der Waals surface area contributed by atoms with Crippen LogP contribution >= 0.6 is 0 Å². The van der Waals surface area contributed by atoms with Gasteiger partial charge in [0.15, 0.2) is 18.2 Å². The van der Waals surface area contributed by atoms with Gasteiger partial charge in [-0.15, -0.1) is 0 Å². The minimum Gasteiger partial charge on any atom is -0.493 e. The Morgan fingerprint density at radius 3 is 2.46 bits per heavy atom. The highest BCUT2D eigenvalue weighted by Crippen LogP contribution is 2.21. The van der Waals surface area contributed by atoms with Crippen LogP contribution < -0.4 is 9.47 Å². The molecule has 4 nitrogen and oxygen atoms in total. The number of halogens is 2. The Morgan fingerprint density at radius 2 is 1.77 bits per heavy atom. The molecule has 0 radical (unpaired) electrons. The Labute approximate surface area is 151 Å². The summed E-state index contributed by atoms with van der Waals surface area (Å²) in [6, 6.07) is 12.7. The Morgan fingerprint density at radius 1 is 1.04 bits per heavy atom. The first-order valence-electron chi connectivity index (χ1n) is 8.65. The summed E-state index contributed by atoms with van der Waals surface area (Å²) in [5.74, 6) is -0.562. The van der Waals surface area contributed by atoms with E-state index in [0.29, 0.717) is 25.6 Å². The molecule has 2 aromatic carbocycles. The first-order chi connectivity index (χ1) is 12.6. The van der Waals surface area contributed by atoms with Crippen molar-refractivity contribution in [2.45, 2.75) is 12.8 Å². The summed E-state index contributed by atoms with van der Waals surface area (Å²) in [4.78, 5) is 13.9. The van der Waals surface area contributed by atoms with Gasteiger partial charge >= 0.3 is 0 Å². The van der Waals surface area contributed by atoms with E-state index in [1.165, 1.54) is 6.07 Å². The monoisotopic (exact) mass is 361 g/mol. The molecule has 3 rings (SSSR count). The van der Waals surface area contributed by atoms with Crippen LogP contribution in [0, 0.1) is 17.6 Å². The lowest BCUT2D eigenvalue weighted by Gasteiger charge is -2.31. The second-order valence-corrected chi connectivity index (χ2v) is 6.31. The van der Waals surface area contributed by atoms with Crippen LogP contribution in [-0.2, 0) is 4.79 Å². The number of para-hydroxylation sites is 1. The van der Waals surface area contributed by atoms with Gasteiger partial charge in [-0.25, -0.2) is 8.78 Å². The first-order valence-corrected chi connectivity index (χ1v) is 8.65. The number of ether oxygens (including phenoxy) is 2. The number of piperidine rings is 1. The average Bonchev–Trinajstić information content (AvgIpc) is 2.67. The molecule has 0 spiro atoms. The minimum atomic E-state index is -0.811. The minimum absolute atomic E-state index is 0.120. The zero-order valence-electron chi connectivity index (χ0n) is 14.4. The van der Waals surface area contributed by atoms with Crippen molar-refractivity contribution in [2.75, 3.05) is 26.3 Å². The maximum Gasteiger partial charge on any atom is 0.260 e. The molecule has 26 heavy (non-hydrogen) atoms. The van der Waals surface area contributed by atoms with Crippen molar-refractivity contribution in [3.63, 3.8) is 0 Å². The van der Waals surface area contributed by atoms with Gasteiger partial charge in [-0.2, -0.15) is 0 Å². The van der Waals surface area contributed by atoms with Gasteiger partial charge in [-0.1, -0.05) is 18.2 Å². The van der Waals surface area contributed by atoms with Crippen molar-refractivity contribution in [1.29, 1.82) is 0 Å². The number of hydrogen-bond donors (Lipinski definition) is 0. The maximum absolute atomic E-state index is 13.5. The van der Waals surface area contributed by atoms with Gasteiger partial charge in [0.2, 0.25) is 0 Å². The average molecular weight is 361 g/mol. The number of benzene rings is 2. The van der Waals surface area contributed by atoms with Gasteiger partial charge < -0.3 is 14.4 Å². The molecule has 1 saturated heterocycles. The predicted octanol–water partition coefficient (Wildman–Crippen LogP) is 3.66. The molecule has 0 unspecified atom stereocenters. The maximum atomic E-state index is 13.5. The van der Waals surface area contributed by atoms with Gasteiger partial charge in [0.05, 0.1) is 6.61 Å². The molecule has 1 fully saturated rings. The fourth-order valence-electron chi connectivity index (χ4n) is 2.90. The Bertz CT molecular complexity index is 731. The molecule has 6 heteroatoms. The van der Waals surface area contributed by atoms with E-state index in [9.17, 15) is 13.6 Å². The lowest BCUT2D eigenvalue weighted by molar-refractivity contribution is -0.134. The second kappa shape index (κ2) is 8.65. The fourth-order valence-corrected chi connectivity index (χ4v) is 2.90. The second-order valence-electron chi connectivity index (χ2n) is 6.31. The number of likely N-dealkylation sites (tertiary alicyclic amines) is 1. The van der Waals surface area contributed by atoms with E-state index in [-0.39, 0.29) is 18.3 Å². The summed E-state index contributed by atoms with van der Waals surface area (Å²) in [6.45, 7) is 1.62. The molecule has 1 amide bonds. The predicted molar refractivity (Wildman–Crippen MR) is 93.1 cm³/mol. The largest absolute Gasteiger partial charge is 0.493 e. The van der Waals surface area contributed by atoms with Gasteiger partial charge in [0, 0.05) is 19.2 Å². The standard InChI is InChI=1S/C20H21F2NO3/c21-16-6-7-19(18(22)12-16)26-14-20(24)23-10-8-15(9-11-23)13-25-17-4-2-1-3-5-17/h1-7,12,15H,8-11,13-14H2. The summed E-state index contributed by atoms with van der Waals surface area (Å²) in [5, 5.41) is 0. The third-order valence-electron chi connectivity index (χ3n) is 4.44. The highest BCUT2D eigenvalue weighted by molar-refractivity contribution is 5.77. The highest BCUT2D eigenvalue weighted by Gasteiger charge is 2.23. The van der Waals surface area contributed by atoms with Crippen LogP contribution in [0.4, 0.5) is 8.78 Å². The van der Waals surface area contributed by atoms with Crippen LogP contribution in [0.25, 0.3) is 0 Å². The lowest BCUT2D eigenvalue weighted by atomic mass is 9.98. The molecular formula is C20H21F2NO3. The molecule has 0 atom stereocenters. The Kier molecular flexibility index (Phi) is 6.04. The molecule has 0 aromatic heterocycles. The van der Waals surface area contributed by atoms with Crippen molar-refractivity contribution >= 4 is 5.91 Å². The fraction of sp³-hybridized carbons (Fsp3) is 0.350. The molecule has 0 bridgehead atoms. The van der Waals surface area contributed by atoms with Crippen molar-refractivity contribution < 1.29 is 23.0 Å². The molecule has 0 N–H and O–H groups in total. The molecular weight excluding hydrogens is 340 g/mol. The van der Waals surface area contributed by atoms with Gasteiger partial charge in [0.25, 0.3) is 5.91 Å². The van der Waals surface area contributed by atoms with Crippen LogP contribution in [0.3, 0.4) is 0 Å².